The number of nitrogens with zero attached hydrogens (tertiary/aromatic N) is 3. The summed E-state index contributed by atoms with van der Waals surface area (Å²) in [5, 5.41) is 15.4. The lowest BCUT2D eigenvalue weighted by Crippen LogP contribution is -2.07. The Morgan fingerprint density at radius 1 is 1.37 bits per heavy atom. The van der Waals surface area contributed by atoms with E-state index in [4.69, 9.17) is 5.73 Å². The number of hydrogen-bond acceptors (Lipinski definition) is 4. The van der Waals surface area contributed by atoms with Crippen molar-refractivity contribution < 1.29 is 4.92 Å². The molecule has 0 aliphatic heterocycles. The van der Waals surface area contributed by atoms with Crippen LogP contribution in [0.1, 0.15) is 22.5 Å². The van der Waals surface area contributed by atoms with Crippen molar-refractivity contribution in [3.8, 4) is 0 Å². The van der Waals surface area contributed by atoms with Gasteiger partial charge in [-0.25, -0.2) is 0 Å². The van der Waals surface area contributed by atoms with Gasteiger partial charge in [0.2, 0.25) is 0 Å². The Morgan fingerprint density at radius 3 is 2.63 bits per heavy atom. The van der Waals surface area contributed by atoms with Gasteiger partial charge in [-0.15, -0.1) is 0 Å². The number of benzene rings is 1. The molecule has 0 atom stereocenters. The van der Waals surface area contributed by atoms with E-state index in [-0.39, 0.29) is 10.6 Å². The fraction of sp³-hybridized carbons (Fsp3) is 0.308. The molecule has 0 radical (unpaired) electrons. The molecule has 6 nitrogen and oxygen atoms in total. The summed E-state index contributed by atoms with van der Waals surface area (Å²) in [6.45, 7) is 4.63. The van der Waals surface area contributed by atoms with E-state index in [0.29, 0.717) is 18.7 Å². The first-order chi connectivity index (χ1) is 9.04. The molecule has 1 heterocycles. The van der Waals surface area contributed by atoms with Gasteiger partial charge in [0.05, 0.1) is 22.7 Å². The van der Waals surface area contributed by atoms with Gasteiger partial charge in [-0.1, -0.05) is 18.2 Å². The van der Waals surface area contributed by atoms with Crippen molar-refractivity contribution in [2.45, 2.75) is 26.9 Å². The van der Waals surface area contributed by atoms with Crippen LogP contribution in [-0.2, 0) is 13.1 Å². The third kappa shape index (κ3) is 2.48. The average Bonchev–Trinajstić information content (AvgIpc) is 2.64. The summed E-state index contributed by atoms with van der Waals surface area (Å²) >= 11 is 0. The van der Waals surface area contributed by atoms with Crippen molar-refractivity contribution >= 4 is 5.69 Å². The van der Waals surface area contributed by atoms with Gasteiger partial charge in [0.25, 0.3) is 5.69 Å². The standard InChI is InChI=1S/C13H16N4O2/c1-9-12(7-14)10(2)16(15-9)8-11-5-3-4-6-13(11)17(18)19/h3-6H,7-8,14H2,1-2H3. The predicted molar refractivity (Wildman–Crippen MR) is 71.8 cm³/mol. The molecule has 19 heavy (non-hydrogen) atoms. The molecule has 0 aliphatic carbocycles. The molecule has 2 aromatic rings. The first kappa shape index (κ1) is 13.2. The highest BCUT2D eigenvalue weighted by Crippen LogP contribution is 2.20. The normalized spacial score (nSPS) is 10.7. The molecule has 0 bridgehead atoms. The first-order valence-corrected chi connectivity index (χ1v) is 5.99. The Morgan fingerprint density at radius 2 is 2.05 bits per heavy atom. The molecule has 2 rings (SSSR count). The molecule has 0 saturated carbocycles. The van der Waals surface area contributed by atoms with E-state index in [0.717, 1.165) is 17.0 Å². The third-order valence-corrected chi connectivity index (χ3v) is 3.24. The van der Waals surface area contributed by atoms with Crippen molar-refractivity contribution in [2.75, 3.05) is 0 Å². The third-order valence-electron chi connectivity index (χ3n) is 3.24. The Bertz CT molecular complexity index is 619. The van der Waals surface area contributed by atoms with Crippen LogP contribution in [0.4, 0.5) is 5.69 Å². The Hall–Kier alpha value is -2.21. The largest absolute Gasteiger partial charge is 0.326 e. The summed E-state index contributed by atoms with van der Waals surface area (Å²) < 4.78 is 1.76. The number of nitro groups is 1. The fourth-order valence-electron chi connectivity index (χ4n) is 2.17. The lowest BCUT2D eigenvalue weighted by Gasteiger charge is -2.06. The van der Waals surface area contributed by atoms with Crippen molar-refractivity contribution in [1.29, 1.82) is 0 Å². The minimum Gasteiger partial charge on any atom is -0.326 e. The number of hydrogen-bond donors (Lipinski definition) is 1. The van der Waals surface area contributed by atoms with E-state index in [1.807, 2.05) is 13.8 Å². The molecule has 0 saturated heterocycles. The van der Waals surface area contributed by atoms with Crippen LogP contribution in [0.15, 0.2) is 24.3 Å². The van der Waals surface area contributed by atoms with Crippen LogP contribution in [0.3, 0.4) is 0 Å². The van der Waals surface area contributed by atoms with Crippen LogP contribution in [0.25, 0.3) is 0 Å². The van der Waals surface area contributed by atoms with Gasteiger partial charge in [-0.05, 0) is 13.8 Å². The summed E-state index contributed by atoms with van der Waals surface area (Å²) in [6, 6.07) is 6.70. The maximum Gasteiger partial charge on any atom is 0.274 e. The minimum absolute atomic E-state index is 0.115. The quantitative estimate of drug-likeness (QED) is 0.672. The molecular formula is C13H16N4O2. The van der Waals surface area contributed by atoms with Gasteiger partial charge >= 0.3 is 0 Å². The number of nitro benzene ring substituents is 1. The molecule has 100 valence electrons. The summed E-state index contributed by atoms with van der Waals surface area (Å²) in [4.78, 5) is 10.6. The second kappa shape index (κ2) is 5.19. The van der Waals surface area contributed by atoms with E-state index in [1.165, 1.54) is 6.07 Å². The zero-order valence-corrected chi connectivity index (χ0v) is 11.0. The van der Waals surface area contributed by atoms with Gasteiger partial charge in [-0.3, -0.25) is 14.8 Å². The molecule has 0 fully saturated rings. The Kier molecular flexibility index (Phi) is 3.62. The highest BCUT2D eigenvalue weighted by molar-refractivity contribution is 5.40. The molecule has 0 amide bonds. The van der Waals surface area contributed by atoms with Crippen LogP contribution in [0.2, 0.25) is 0 Å². The highest BCUT2D eigenvalue weighted by atomic mass is 16.6. The maximum atomic E-state index is 11.0. The first-order valence-electron chi connectivity index (χ1n) is 5.99. The predicted octanol–water partition coefficient (Wildman–Crippen LogP) is 1.92. The maximum absolute atomic E-state index is 11.0. The zero-order valence-electron chi connectivity index (χ0n) is 11.0. The van der Waals surface area contributed by atoms with Crippen LogP contribution in [0.5, 0.6) is 0 Å². The zero-order chi connectivity index (χ0) is 14.0. The van der Waals surface area contributed by atoms with Crippen LogP contribution in [0, 0.1) is 24.0 Å². The van der Waals surface area contributed by atoms with Crippen LogP contribution >= 0.6 is 0 Å². The van der Waals surface area contributed by atoms with E-state index < -0.39 is 0 Å². The molecule has 2 N–H and O–H groups in total. The lowest BCUT2D eigenvalue weighted by molar-refractivity contribution is -0.385. The molecule has 1 aromatic heterocycles. The molecule has 0 unspecified atom stereocenters. The Balaban J connectivity index is 2.39. The number of aryl methyl sites for hydroxylation is 1. The lowest BCUT2D eigenvalue weighted by atomic mass is 10.1. The second-order valence-electron chi connectivity index (χ2n) is 4.40. The number of aromatic nitrogens is 2. The number of rotatable bonds is 4. The SMILES string of the molecule is Cc1nn(Cc2ccccc2[N+](=O)[O-])c(C)c1CN. The van der Waals surface area contributed by atoms with Gasteiger partial charge in [-0.2, -0.15) is 5.10 Å². The van der Waals surface area contributed by atoms with Crippen molar-refractivity contribution in [1.82, 2.24) is 9.78 Å². The number of para-hydroxylation sites is 1. The molecule has 1 aromatic carbocycles. The van der Waals surface area contributed by atoms with E-state index in [2.05, 4.69) is 5.10 Å². The van der Waals surface area contributed by atoms with Crippen molar-refractivity contribution in [3.05, 3.63) is 56.9 Å². The number of nitrogens with two attached hydrogens (primary N) is 1. The summed E-state index contributed by atoms with van der Waals surface area (Å²) in [5.41, 5.74) is 9.26. The highest BCUT2D eigenvalue weighted by Gasteiger charge is 2.16. The topological polar surface area (TPSA) is 87.0 Å². The van der Waals surface area contributed by atoms with E-state index in [9.17, 15) is 10.1 Å². The van der Waals surface area contributed by atoms with Crippen molar-refractivity contribution in [3.63, 3.8) is 0 Å². The summed E-state index contributed by atoms with van der Waals surface area (Å²) in [6.07, 6.45) is 0. The molecule has 6 heteroatoms. The summed E-state index contributed by atoms with van der Waals surface area (Å²) in [5.74, 6) is 0. The average molecular weight is 260 g/mol. The minimum atomic E-state index is -0.370. The fourth-order valence-corrected chi connectivity index (χ4v) is 2.17. The monoisotopic (exact) mass is 260 g/mol. The van der Waals surface area contributed by atoms with Crippen LogP contribution < -0.4 is 5.73 Å². The molecule has 0 aliphatic rings. The van der Waals surface area contributed by atoms with E-state index in [1.54, 1.807) is 22.9 Å². The van der Waals surface area contributed by atoms with E-state index >= 15 is 0 Å². The van der Waals surface area contributed by atoms with Gasteiger partial charge in [0.1, 0.15) is 0 Å². The molecular weight excluding hydrogens is 244 g/mol. The second-order valence-corrected chi connectivity index (χ2v) is 4.40. The Labute approximate surface area is 111 Å². The summed E-state index contributed by atoms with van der Waals surface area (Å²) in [7, 11) is 0. The molecule has 0 spiro atoms. The van der Waals surface area contributed by atoms with Crippen LogP contribution in [-0.4, -0.2) is 14.7 Å². The van der Waals surface area contributed by atoms with Crippen molar-refractivity contribution in [2.24, 2.45) is 5.73 Å². The smallest absolute Gasteiger partial charge is 0.274 e. The van der Waals surface area contributed by atoms with Gasteiger partial charge in [0.15, 0.2) is 0 Å². The van der Waals surface area contributed by atoms with Gasteiger partial charge < -0.3 is 5.73 Å². The van der Waals surface area contributed by atoms with Gasteiger partial charge in [0, 0.05) is 23.9 Å².